The number of aryl methyl sites for hydroxylation is 1. The topological polar surface area (TPSA) is 73.5 Å². The monoisotopic (exact) mass is 314 g/mol. The van der Waals surface area contributed by atoms with Crippen molar-refractivity contribution in [1.29, 1.82) is 0 Å². The molecule has 1 atom stereocenters. The summed E-state index contributed by atoms with van der Waals surface area (Å²) in [6.07, 6.45) is 2.70. The number of nitrogens with two attached hydrogens (primary N) is 1. The highest BCUT2D eigenvalue weighted by molar-refractivity contribution is 5.43. The summed E-state index contributed by atoms with van der Waals surface area (Å²) < 4.78 is 11.2. The van der Waals surface area contributed by atoms with Crippen LogP contribution in [0.15, 0.2) is 30.5 Å². The molecule has 23 heavy (non-hydrogen) atoms. The molecule has 6 nitrogen and oxygen atoms in total. The zero-order valence-electron chi connectivity index (χ0n) is 13.5. The van der Waals surface area contributed by atoms with E-state index in [-0.39, 0.29) is 6.10 Å². The highest BCUT2D eigenvalue weighted by Gasteiger charge is 2.23. The van der Waals surface area contributed by atoms with E-state index in [1.165, 1.54) is 5.56 Å². The Morgan fingerprint density at radius 3 is 3.09 bits per heavy atom. The van der Waals surface area contributed by atoms with Gasteiger partial charge >= 0.3 is 0 Å². The molecule has 1 saturated heterocycles. The number of hydrogen-bond donors (Lipinski definition) is 1. The maximum atomic E-state index is 5.89. The average molecular weight is 314 g/mol. The van der Waals surface area contributed by atoms with E-state index in [1.54, 1.807) is 13.3 Å². The number of nitrogen functional groups attached to an aromatic ring is 1. The van der Waals surface area contributed by atoms with Crippen molar-refractivity contribution in [1.82, 2.24) is 9.97 Å². The smallest absolute Gasteiger partial charge is 0.227 e. The highest BCUT2D eigenvalue weighted by Crippen LogP contribution is 2.20. The number of morpholine rings is 1. The summed E-state index contributed by atoms with van der Waals surface area (Å²) in [6.45, 7) is 4.09. The van der Waals surface area contributed by atoms with Crippen LogP contribution >= 0.6 is 0 Å². The molecule has 3 rings (SSSR count). The first-order valence-corrected chi connectivity index (χ1v) is 7.74. The summed E-state index contributed by atoms with van der Waals surface area (Å²) in [5.74, 6) is 2.07. The summed E-state index contributed by atoms with van der Waals surface area (Å²) in [6, 6.07) is 8.08. The Hall–Kier alpha value is -2.34. The number of methoxy groups -OCH3 is 1. The normalized spacial score (nSPS) is 18.0. The lowest BCUT2D eigenvalue weighted by Crippen LogP contribution is -2.44. The molecule has 0 saturated carbocycles. The van der Waals surface area contributed by atoms with Crippen LogP contribution in [0.25, 0.3) is 0 Å². The summed E-state index contributed by atoms with van der Waals surface area (Å²) in [5.41, 5.74) is 7.99. The molecule has 2 heterocycles. The van der Waals surface area contributed by atoms with E-state index in [2.05, 4.69) is 20.9 Å². The maximum absolute atomic E-state index is 5.89. The van der Waals surface area contributed by atoms with Crippen LogP contribution in [-0.2, 0) is 11.2 Å². The Labute approximate surface area is 136 Å². The lowest BCUT2D eigenvalue weighted by molar-refractivity contribution is 0.0405. The Morgan fingerprint density at radius 2 is 2.30 bits per heavy atom. The van der Waals surface area contributed by atoms with Crippen molar-refractivity contribution in [2.75, 3.05) is 37.4 Å². The lowest BCUT2D eigenvalue weighted by atomic mass is 10.1. The van der Waals surface area contributed by atoms with E-state index in [9.17, 15) is 0 Å². The molecule has 2 N–H and O–H groups in total. The van der Waals surface area contributed by atoms with Gasteiger partial charge in [0.25, 0.3) is 0 Å². The van der Waals surface area contributed by atoms with Gasteiger partial charge in [0.05, 0.1) is 19.8 Å². The van der Waals surface area contributed by atoms with Crippen LogP contribution in [0.4, 0.5) is 11.8 Å². The third-order valence-corrected chi connectivity index (χ3v) is 4.02. The number of benzene rings is 1. The number of ether oxygens (including phenoxy) is 2. The zero-order valence-corrected chi connectivity index (χ0v) is 13.5. The number of aromatic nitrogens is 2. The molecule has 0 unspecified atom stereocenters. The van der Waals surface area contributed by atoms with Gasteiger partial charge in [-0.25, -0.2) is 4.98 Å². The quantitative estimate of drug-likeness (QED) is 0.928. The number of anilines is 2. The molecule has 122 valence electrons. The molecule has 1 aromatic heterocycles. The van der Waals surface area contributed by atoms with Crippen molar-refractivity contribution in [3.05, 3.63) is 41.6 Å². The van der Waals surface area contributed by atoms with Gasteiger partial charge in [-0.15, -0.1) is 0 Å². The lowest BCUT2D eigenvalue weighted by Gasteiger charge is -2.33. The molecule has 2 aromatic rings. The van der Waals surface area contributed by atoms with Gasteiger partial charge in [0.1, 0.15) is 11.6 Å². The molecular weight excluding hydrogens is 292 g/mol. The van der Waals surface area contributed by atoms with E-state index in [4.69, 9.17) is 15.2 Å². The summed E-state index contributed by atoms with van der Waals surface area (Å²) >= 11 is 0. The van der Waals surface area contributed by atoms with Crippen LogP contribution in [-0.4, -0.2) is 42.9 Å². The van der Waals surface area contributed by atoms with Gasteiger partial charge in [-0.2, -0.15) is 4.98 Å². The average Bonchev–Trinajstić information content (AvgIpc) is 2.58. The second-order valence-electron chi connectivity index (χ2n) is 5.73. The van der Waals surface area contributed by atoms with E-state index in [0.717, 1.165) is 30.8 Å². The molecule has 1 fully saturated rings. The molecular formula is C17H22N4O2. The van der Waals surface area contributed by atoms with Crippen molar-refractivity contribution in [3.8, 4) is 5.75 Å². The van der Waals surface area contributed by atoms with Crippen molar-refractivity contribution >= 4 is 11.8 Å². The van der Waals surface area contributed by atoms with E-state index in [0.29, 0.717) is 18.4 Å². The third kappa shape index (κ3) is 3.71. The van der Waals surface area contributed by atoms with E-state index < -0.39 is 0 Å². The minimum Gasteiger partial charge on any atom is -0.497 e. The fraction of sp³-hybridized carbons (Fsp3) is 0.412. The minimum absolute atomic E-state index is 0.0991. The van der Waals surface area contributed by atoms with Gasteiger partial charge in [0, 0.05) is 31.3 Å². The maximum Gasteiger partial charge on any atom is 0.227 e. The van der Waals surface area contributed by atoms with Gasteiger partial charge in [0.2, 0.25) is 5.95 Å². The van der Waals surface area contributed by atoms with Crippen LogP contribution in [0.5, 0.6) is 5.75 Å². The van der Waals surface area contributed by atoms with Crippen LogP contribution in [0.3, 0.4) is 0 Å². The van der Waals surface area contributed by atoms with Gasteiger partial charge in [-0.1, -0.05) is 12.1 Å². The minimum atomic E-state index is 0.0991. The molecule has 0 radical (unpaired) electrons. The van der Waals surface area contributed by atoms with Gasteiger partial charge in [-0.3, -0.25) is 0 Å². The van der Waals surface area contributed by atoms with Crippen molar-refractivity contribution in [2.45, 2.75) is 19.4 Å². The standard InChI is InChI=1S/C17H22N4O2/c1-12-10-19-17(20-16(12)18)21-6-7-23-15(11-21)9-13-4-3-5-14(8-13)22-2/h3-5,8,10,15H,6-7,9,11H2,1-2H3,(H2,18,19,20)/t15-/m1/s1. The van der Waals surface area contributed by atoms with Crippen molar-refractivity contribution < 1.29 is 9.47 Å². The molecule has 0 aliphatic carbocycles. The van der Waals surface area contributed by atoms with Crippen molar-refractivity contribution in [3.63, 3.8) is 0 Å². The van der Waals surface area contributed by atoms with Crippen molar-refractivity contribution in [2.24, 2.45) is 0 Å². The molecule has 0 bridgehead atoms. The first kappa shape index (κ1) is 15.6. The Kier molecular flexibility index (Phi) is 4.62. The largest absolute Gasteiger partial charge is 0.497 e. The van der Waals surface area contributed by atoms with Crippen LogP contribution in [0.2, 0.25) is 0 Å². The predicted molar refractivity (Wildman–Crippen MR) is 89.8 cm³/mol. The Balaban J connectivity index is 1.69. The Morgan fingerprint density at radius 1 is 1.43 bits per heavy atom. The second kappa shape index (κ2) is 6.83. The SMILES string of the molecule is COc1cccc(C[C@@H]2CN(c3ncc(C)c(N)n3)CCO2)c1. The number of hydrogen-bond acceptors (Lipinski definition) is 6. The third-order valence-electron chi connectivity index (χ3n) is 4.02. The Bertz CT molecular complexity index is 677. The summed E-state index contributed by atoms with van der Waals surface area (Å²) in [7, 11) is 1.68. The van der Waals surface area contributed by atoms with Crippen LogP contribution in [0.1, 0.15) is 11.1 Å². The summed E-state index contributed by atoms with van der Waals surface area (Å²) in [4.78, 5) is 10.9. The number of nitrogens with zero attached hydrogens (tertiary/aromatic N) is 3. The summed E-state index contributed by atoms with van der Waals surface area (Å²) in [5, 5.41) is 0. The van der Waals surface area contributed by atoms with Gasteiger partial charge < -0.3 is 20.1 Å². The predicted octanol–water partition coefficient (Wildman–Crippen LogP) is 1.82. The van der Waals surface area contributed by atoms with E-state index >= 15 is 0 Å². The number of rotatable bonds is 4. The van der Waals surface area contributed by atoms with Gasteiger partial charge in [-0.05, 0) is 24.6 Å². The molecule has 0 amide bonds. The van der Waals surface area contributed by atoms with E-state index in [1.807, 2.05) is 25.1 Å². The zero-order chi connectivity index (χ0) is 16.2. The molecule has 6 heteroatoms. The highest BCUT2D eigenvalue weighted by atomic mass is 16.5. The first-order valence-electron chi connectivity index (χ1n) is 7.74. The second-order valence-corrected chi connectivity index (χ2v) is 5.73. The fourth-order valence-corrected chi connectivity index (χ4v) is 2.68. The first-order chi connectivity index (χ1) is 11.2. The van der Waals surface area contributed by atoms with Gasteiger partial charge in [0.15, 0.2) is 0 Å². The van der Waals surface area contributed by atoms with Crippen LogP contribution in [0, 0.1) is 6.92 Å². The molecule has 1 aromatic carbocycles. The fourth-order valence-electron chi connectivity index (χ4n) is 2.68. The molecule has 1 aliphatic heterocycles. The molecule has 1 aliphatic rings. The molecule has 0 spiro atoms. The van der Waals surface area contributed by atoms with Crippen LogP contribution < -0.4 is 15.4 Å².